The lowest BCUT2D eigenvalue weighted by atomic mass is 10.1. The number of nitrogens with two attached hydrogens (primary N) is 1. The maximum absolute atomic E-state index is 12.8. The van der Waals surface area contributed by atoms with Crippen molar-refractivity contribution < 1.29 is 9.50 Å². The minimum absolute atomic E-state index is 0.125. The van der Waals surface area contributed by atoms with Crippen LogP contribution in [0.15, 0.2) is 18.2 Å². The van der Waals surface area contributed by atoms with Crippen LogP contribution in [-0.4, -0.2) is 5.11 Å². The minimum atomic E-state index is -0.630. The zero-order valence-corrected chi connectivity index (χ0v) is 6.71. The van der Waals surface area contributed by atoms with Gasteiger partial charge in [-0.15, -0.1) is 0 Å². The van der Waals surface area contributed by atoms with Gasteiger partial charge in [-0.25, -0.2) is 4.39 Å². The quantitative estimate of drug-likeness (QED) is 0.459. The minimum Gasteiger partial charge on any atom is -0.505 e. The Morgan fingerprint density at radius 3 is 2.75 bits per heavy atom. The highest BCUT2D eigenvalue weighted by Gasteiger charge is 2.06. The SMILES string of the molecule is CC(NN)c1ccc(O)c(F)c1. The third-order valence-corrected chi connectivity index (χ3v) is 1.72. The van der Waals surface area contributed by atoms with Crippen LogP contribution in [0.4, 0.5) is 4.39 Å². The number of aromatic hydroxyl groups is 1. The van der Waals surface area contributed by atoms with Gasteiger partial charge in [0.05, 0.1) is 0 Å². The lowest BCUT2D eigenvalue weighted by Gasteiger charge is -2.09. The van der Waals surface area contributed by atoms with Gasteiger partial charge in [-0.05, 0) is 24.6 Å². The first kappa shape index (κ1) is 8.96. The molecular weight excluding hydrogens is 159 g/mol. The molecule has 1 unspecified atom stereocenters. The van der Waals surface area contributed by atoms with E-state index in [9.17, 15) is 4.39 Å². The molecule has 3 nitrogen and oxygen atoms in total. The van der Waals surface area contributed by atoms with E-state index in [1.807, 2.05) is 0 Å². The summed E-state index contributed by atoms with van der Waals surface area (Å²) in [7, 11) is 0. The number of phenols is 1. The number of halogens is 1. The van der Waals surface area contributed by atoms with Gasteiger partial charge in [0.1, 0.15) is 0 Å². The van der Waals surface area contributed by atoms with Crippen LogP contribution in [0.25, 0.3) is 0 Å². The maximum Gasteiger partial charge on any atom is 0.165 e. The molecule has 0 bridgehead atoms. The number of nitrogens with one attached hydrogen (secondary N) is 1. The van der Waals surface area contributed by atoms with Crippen molar-refractivity contribution in [2.45, 2.75) is 13.0 Å². The van der Waals surface area contributed by atoms with Crippen LogP contribution in [-0.2, 0) is 0 Å². The second kappa shape index (κ2) is 3.51. The average molecular weight is 170 g/mol. The fourth-order valence-corrected chi connectivity index (χ4v) is 0.889. The summed E-state index contributed by atoms with van der Waals surface area (Å²) >= 11 is 0. The molecule has 0 heterocycles. The fourth-order valence-electron chi connectivity index (χ4n) is 0.889. The Hall–Kier alpha value is -1.13. The predicted molar refractivity (Wildman–Crippen MR) is 43.8 cm³/mol. The van der Waals surface area contributed by atoms with Crippen molar-refractivity contribution in [3.05, 3.63) is 29.6 Å². The van der Waals surface area contributed by atoms with Gasteiger partial charge >= 0.3 is 0 Å². The van der Waals surface area contributed by atoms with E-state index < -0.39 is 5.82 Å². The van der Waals surface area contributed by atoms with Crippen molar-refractivity contribution in [1.29, 1.82) is 0 Å². The molecule has 4 heteroatoms. The Bertz CT molecular complexity index is 278. The first-order valence-electron chi connectivity index (χ1n) is 3.59. The topological polar surface area (TPSA) is 58.3 Å². The van der Waals surface area contributed by atoms with E-state index >= 15 is 0 Å². The molecule has 0 aliphatic heterocycles. The first-order valence-corrected chi connectivity index (χ1v) is 3.59. The van der Waals surface area contributed by atoms with Gasteiger partial charge < -0.3 is 5.11 Å². The smallest absolute Gasteiger partial charge is 0.165 e. The van der Waals surface area contributed by atoms with Gasteiger partial charge in [0, 0.05) is 6.04 Å². The molecule has 0 aliphatic rings. The summed E-state index contributed by atoms with van der Waals surface area (Å²) in [4.78, 5) is 0. The van der Waals surface area contributed by atoms with Crippen LogP contribution in [0.1, 0.15) is 18.5 Å². The summed E-state index contributed by atoms with van der Waals surface area (Å²) in [6, 6.07) is 4.04. The van der Waals surface area contributed by atoms with Gasteiger partial charge in [-0.2, -0.15) is 0 Å². The van der Waals surface area contributed by atoms with E-state index in [1.54, 1.807) is 13.0 Å². The molecule has 0 spiro atoms. The largest absolute Gasteiger partial charge is 0.505 e. The zero-order valence-electron chi connectivity index (χ0n) is 6.71. The fraction of sp³-hybridized carbons (Fsp3) is 0.250. The maximum atomic E-state index is 12.8. The number of phenolic OH excluding ortho intramolecular Hbond substituents is 1. The van der Waals surface area contributed by atoms with Gasteiger partial charge in [-0.1, -0.05) is 6.07 Å². The molecular formula is C8H11FN2O. The Morgan fingerprint density at radius 1 is 1.58 bits per heavy atom. The summed E-state index contributed by atoms with van der Waals surface area (Å²) in [5.74, 6) is 4.18. The molecule has 0 radical (unpaired) electrons. The van der Waals surface area contributed by atoms with E-state index in [0.717, 1.165) is 0 Å². The van der Waals surface area contributed by atoms with Crippen molar-refractivity contribution in [2.75, 3.05) is 0 Å². The molecule has 0 fully saturated rings. The highest BCUT2D eigenvalue weighted by Crippen LogP contribution is 2.19. The van der Waals surface area contributed by atoms with Gasteiger partial charge in [0.2, 0.25) is 0 Å². The van der Waals surface area contributed by atoms with Gasteiger partial charge in [0.15, 0.2) is 11.6 Å². The van der Waals surface area contributed by atoms with Crippen LogP contribution in [0, 0.1) is 5.82 Å². The van der Waals surface area contributed by atoms with Crippen molar-refractivity contribution >= 4 is 0 Å². The molecule has 1 atom stereocenters. The number of benzene rings is 1. The van der Waals surface area contributed by atoms with Crippen molar-refractivity contribution in [1.82, 2.24) is 5.43 Å². The number of hydrogen-bond donors (Lipinski definition) is 3. The highest BCUT2D eigenvalue weighted by molar-refractivity contribution is 5.29. The van der Waals surface area contributed by atoms with E-state index in [0.29, 0.717) is 5.56 Å². The highest BCUT2D eigenvalue weighted by atomic mass is 19.1. The van der Waals surface area contributed by atoms with E-state index in [4.69, 9.17) is 10.9 Å². The van der Waals surface area contributed by atoms with E-state index in [1.165, 1.54) is 12.1 Å². The van der Waals surface area contributed by atoms with Crippen molar-refractivity contribution in [2.24, 2.45) is 5.84 Å². The number of hydrogen-bond acceptors (Lipinski definition) is 3. The summed E-state index contributed by atoms with van der Waals surface area (Å²) in [6.45, 7) is 1.80. The Labute approximate surface area is 70.0 Å². The lowest BCUT2D eigenvalue weighted by Crippen LogP contribution is -2.25. The molecule has 66 valence electrons. The Kier molecular flexibility index (Phi) is 2.62. The zero-order chi connectivity index (χ0) is 9.14. The second-order valence-corrected chi connectivity index (χ2v) is 2.60. The van der Waals surface area contributed by atoms with E-state index in [-0.39, 0.29) is 11.8 Å². The van der Waals surface area contributed by atoms with Crippen molar-refractivity contribution in [3.8, 4) is 5.75 Å². The van der Waals surface area contributed by atoms with Crippen LogP contribution < -0.4 is 11.3 Å². The second-order valence-electron chi connectivity index (χ2n) is 2.60. The summed E-state index contributed by atoms with van der Waals surface area (Å²) in [6.07, 6.45) is 0. The van der Waals surface area contributed by atoms with Crippen molar-refractivity contribution in [3.63, 3.8) is 0 Å². The third-order valence-electron chi connectivity index (χ3n) is 1.72. The van der Waals surface area contributed by atoms with Gasteiger partial charge in [-0.3, -0.25) is 11.3 Å². The first-order chi connectivity index (χ1) is 5.65. The van der Waals surface area contributed by atoms with E-state index in [2.05, 4.69) is 5.43 Å². The standard InChI is InChI=1S/C8H11FN2O/c1-5(11-10)6-2-3-8(12)7(9)4-6/h2-5,11-12H,10H2,1H3. The predicted octanol–water partition coefficient (Wildman–Crippen LogP) is 1.06. The monoisotopic (exact) mass is 170 g/mol. The molecule has 0 saturated heterocycles. The van der Waals surface area contributed by atoms with Crippen LogP contribution >= 0.6 is 0 Å². The lowest BCUT2D eigenvalue weighted by molar-refractivity contribution is 0.430. The third kappa shape index (κ3) is 1.72. The summed E-state index contributed by atoms with van der Waals surface area (Å²) in [5, 5.41) is 8.87. The molecule has 0 aliphatic carbocycles. The average Bonchev–Trinajstić information content (AvgIpc) is 2.08. The molecule has 12 heavy (non-hydrogen) atoms. The van der Waals surface area contributed by atoms with Crippen LogP contribution in [0.2, 0.25) is 0 Å². The van der Waals surface area contributed by atoms with Gasteiger partial charge in [0.25, 0.3) is 0 Å². The molecule has 1 aromatic carbocycles. The Morgan fingerprint density at radius 2 is 2.25 bits per heavy atom. The summed E-state index contributed by atoms with van der Waals surface area (Å²) < 4.78 is 12.8. The molecule has 0 amide bonds. The molecule has 1 aromatic rings. The Balaban J connectivity index is 2.96. The van der Waals surface area contributed by atoms with Crippen LogP contribution in [0.3, 0.4) is 0 Å². The molecule has 0 saturated carbocycles. The van der Waals surface area contributed by atoms with Crippen LogP contribution in [0.5, 0.6) is 5.75 Å². The normalized spacial score (nSPS) is 12.9. The number of hydrazine groups is 1. The summed E-state index contributed by atoms with van der Waals surface area (Å²) in [5.41, 5.74) is 3.18. The molecule has 0 aromatic heterocycles. The molecule has 4 N–H and O–H groups in total. The number of rotatable bonds is 2. The molecule has 1 rings (SSSR count).